The lowest BCUT2D eigenvalue weighted by Crippen LogP contribution is -2.48. The Morgan fingerprint density at radius 1 is 1.07 bits per heavy atom. The molecule has 0 radical (unpaired) electrons. The zero-order valence-corrected chi connectivity index (χ0v) is 16.7. The van der Waals surface area contributed by atoms with E-state index < -0.39 is 59.2 Å². The van der Waals surface area contributed by atoms with E-state index in [1.807, 2.05) is 0 Å². The number of ketones is 1. The van der Waals surface area contributed by atoms with Crippen LogP contribution in [-0.4, -0.2) is 56.4 Å². The number of urea groups is 1. The van der Waals surface area contributed by atoms with Crippen molar-refractivity contribution in [2.75, 3.05) is 18.9 Å². The first-order valence-electron chi connectivity index (χ1n) is 9.47. The van der Waals surface area contributed by atoms with Crippen molar-refractivity contribution in [3.05, 3.63) is 26.4 Å². The maximum atomic E-state index is 12.7. The summed E-state index contributed by atoms with van der Waals surface area (Å²) in [5, 5.41) is 2.67. The molecule has 2 aliphatic rings. The van der Waals surface area contributed by atoms with E-state index in [1.54, 1.807) is 0 Å². The van der Waals surface area contributed by atoms with Gasteiger partial charge in [0.15, 0.2) is 6.61 Å². The Balaban J connectivity index is 1.66. The average molecular weight is 421 g/mol. The standard InChI is InChI=1S/C18H23N5O7/c1-21-13(19)12(14(26)22(2)17(21)29)10(24)9-30-11(25)8-23-15(27)18(20-16(23)28)6-4-3-5-7-18/h3-9,19H2,1-2H3,(H,20,28). The van der Waals surface area contributed by atoms with Crippen LogP contribution in [-0.2, 0) is 28.4 Å². The SMILES string of the molecule is Cn1c(N)c(C(=O)COC(=O)CN2C(=O)NC3(CCCCC3)C2=O)c(=O)n(C)c1=O. The highest BCUT2D eigenvalue weighted by molar-refractivity contribution is 6.09. The van der Waals surface area contributed by atoms with Crippen LogP contribution in [0.5, 0.6) is 0 Å². The summed E-state index contributed by atoms with van der Waals surface area (Å²) in [5.41, 5.74) is 2.62. The number of aromatic nitrogens is 2. The Bertz CT molecular complexity index is 1050. The van der Waals surface area contributed by atoms with Crippen molar-refractivity contribution in [1.29, 1.82) is 0 Å². The molecule has 1 aliphatic carbocycles. The van der Waals surface area contributed by atoms with Crippen molar-refractivity contribution in [3.63, 3.8) is 0 Å². The second kappa shape index (κ2) is 7.76. The number of amides is 3. The van der Waals surface area contributed by atoms with E-state index in [-0.39, 0.29) is 5.82 Å². The molecule has 30 heavy (non-hydrogen) atoms. The molecule has 3 N–H and O–H groups in total. The maximum Gasteiger partial charge on any atom is 0.332 e. The molecule has 3 amide bonds. The molecule has 1 saturated heterocycles. The first-order chi connectivity index (χ1) is 14.1. The summed E-state index contributed by atoms with van der Waals surface area (Å²) < 4.78 is 6.49. The van der Waals surface area contributed by atoms with Crippen LogP contribution < -0.4 is 22.3 Å². The van der Waals surface area contributed by atoms with E-state index in [9.17, 15) is 28.8 Å². The van der Waals surface area contributed by atoms with Gasteiger partial charge in [0.05, 0.1) is 0 Å². The first-order valence-corrected chi connectivity index (χ1v) is 9.47. The number of carbonyl (C=O) groups excluding carboxylic acids is 4. The van der Waals surface area contributed by atoms with Crippen molar-refractivity contribution in [2.45, 2.75) is 37.6 Å². The highest BCUT2D eigenvalue weighted by Gasteiger charge is 2.51. The Labute approximate surface area is 170 Å². The molecule has 1 aromatic rings. The van der Waals surface area contributed by atoms with Gasteiger partial charge >= 0.3 is 17.7 Å². The van der Waals surface area contributed by atoms with Crippen LogP contribution in [0, 0.1) is 0 Å². The fraction of sp³-hybridized carbons (Fsp3) is 0.556. The molecular formula is C18H23N5O7. The summed E-state index contributed by atoms with van der Waals surface area (Å²) >= 11 is 0. The van der Waals surface area contributed by atoms with Crippen molar-refractivity contribution in [3.8, 4) is 0 Å². The molecule has 0 atom stereocenters. The van der Waals surface area contributed by atoms with Gasteiger partial charge in [0.25, 0.3) is 11.5 Å². The maximum absolute atomic E-state index is 12.7. The van der Waals surface area contributed by atoms with E-state index >= 15 is 0 Å². The van der Waals surface area contributed by atoms with Gasteiger partial charge in [-0.1, -0.05) is 19.3 Å². The summed E-state index contributed by atoms with van der Waals surface area (Å²) in [6, 6.07) is -0.679. The molecule has 0 unspecified atom stereocenters. The molecule has 12 heteroatoms. The number of anilines is 1. The average Bonchev–Trinajstić information content (AvgIpc) is 2.93. The fourth-order valence-electron chi connectivity index (χ4n) is 3.83. The van der Waals surface area contributed by atoms with Gasteiger partial charge in [-0.2, -0.15) is 0 Å². The van der Waals surface area contributed by atoms with Gasteiger partial charge < -0.3 is 15.8 Å². The minimum atomic E-state index is -0.986. The predicted molar refractivity (Wildman–Crippen MR) is 103 cm³/mol. The highest BCUT2D eigenvalue weighted by atomic mass is 16.5. The van der Waals surface area contributed by atoms with Crippen LogP contribution in [0.1, 0.15) is 42.5 Å². The molecule has 3 rings (SSSR count). The molecule has 2 fully saturated rings. The molecule has 1 spiro atoms. The van der Waals surface area contributed by atoms with Crippen molar-refractivity contribution >= 4 is 29.5 Å². The number of nitrogen functional groups attached to an aromatic ring is 1. The van der Waals surface area contributed by atoms with Crippen molar-refractivity contribution in [1.82, 2.24) is 19.4 Å². The second-order valence-electron chi connectivity index (χ2n) is 7.51. The highest BCUT2D eigenvalue weighted by Crippen LogP contribution is 2.33. The van der Waals surface area contributed by atoms with Crippen LogP contribution in [0.25, 0.3) is 0 Å². The Morgan fingerprint density at radius 3 is 2.33 bits per heavy atom. The number of ether oxygens (including phenoxy) is 1. The number of nitrogens with zero attached hydrogens (tertiary/aromatic N) is 3. The van der Waals surface area contributed by atoms with E-state index in [0.717, 1.165) is 28.7 Å². The van der Waals surface area contributed by atoms with Gasteiger partial charge in [0, 0.05) is 14.1 Å². The Hall–Kier alpha value is -3.44. The van der Waals surface area contributed by atoms with Gasteiger partial charge in [-0.15, -0.1) is 0 Å². The third-order valence-electron chi connectivity index (χ3n) is 5.59. The zero-order chi connectivity index (χ0) is 22.2. The first kappa shape index (κ1) is 21.3. The third kappa shape index (κ3) is 3.48. The minimum absolute atomic E-state index is 0.350. The summed E-state index contributed by atoms with van der Waals surface area (Å²) in [4.78, 5) is 74.1. The zero-order valence-electron chi connectivity index (χ0n) is 16.7. The Morgan fingerprint density at radius 2 is 1.70 bits per heavy atom. The van der Waals surface area contributed by atoms with Crippen LogP contribution in [0.4, 0.5) is 10.6 Å². The number of hydrogen-bond acceptors (Lipinski definition) is 8. The quantitative estimate of drug-likeness (QED) is 0.335. The van der Waals surface area contributed by atoms with E-state index in [4.69, 9.17) is 10.5 Å². The number of nitrogens with two attached hydrogens (primary N) is 1. The predicted octanol–water partition coefficient (Wildman–Crippen LogP) is -1.35. The summed E-state index contributed by atoms with van der Waals surface area (Å²) in [5.74, 6) is -2.72. The molecule has 12 nitrogen and oxygen atoms in total. The number of carbonyl (C=O) groups is 4. The third-order valence-corrected chi connectivity index (χ3v) is 5.59. The Kier molecular flexibility index (Phi) is 5.51. The molecule has 1 aromatic heterocycles. The van der Waals surface area contributed by atoms with Crippen LogP contribution >= 0.6 is 0 Å². The lowest BCUT2D eigenvalue weighted by Gasteiger charge is -2.30. The molecule has 0 bridgehead atoms. The molecule has 162 valence electrons. The second-order valence-corrected chi connectivity index (χ2v) is 7.51. The summed E-state index contributed by atoms with van der Waals surface area (Å²) in [6.07, 6.45) is 3.60. The number of esters is 1. The molecular weight excluding hydrogens is 398 g/mol. The lowest BCUT2D eigenvalue weighted by molar-refractivity contribution is -0.147. The van der Waals surface area contributed by atoms with Gasteiger partial charge in [-0.3, -0.25) is 33.2 Å². The summed E-state index contributed by atoms with van der Waals surface area (Å²) in [6.45, 7) is -1.48. The largest absolute Gasteiger partial charge is 0.456 e. The van der Waals surface area contributed by atoms with Crippen LogP contribution in [0.3, 0.4) is 0 Å². The number of Topliss-reactive ketones (excluding diaryl/α,β-unsaturated/α-hetero) is 1. The topological polar surface area (TPSA) is 163 Å². The van der Waals surface area contributed by atoms with Gasteiger partial charge in [0.2, 0.25) is 5.78 Å². The monoisotopic (exact) mass is 421 g/mol. The van der Waals surface area contributed by atoms with Crippen LogP contribution in [0.2, 0.25) is 0 Å². The van der Waals surface area contributed by atoms with Gasteiger partial charge in [-0.25, -0.2) is 9.59 Å². The number of imide groups is 1. The van der Waals surface area contributed by atoms with Crippen molar-refractivity contribution in [2.24, 2.45) is 14.1 Å². The van der Waals surface area contributed by atoms with Gasteiger partial charge in [0.1, 0.15) is 23.5 Å². The molecule has 1 saturated carbocycles. The smallest absolute Gasteiger partial charge is 0.332 e. The van der Waals surface area contributed by atoms with Gasteiger partial charge in [-0.05, 0) is 12.8 Å². The van der Waals surface area contributed by atoms with Crippen LogP contribution in [0.15, 0.2) is 9.59 Å². The van der Waals surface area contributed by atoms with Crippen molar-refractivity contribution < 1.29 is 23.9 Å². The molecule has 2 heterocycles. The van der Waals surface area contributed by atoms with E-state index in [2.05, 4.69) is 5.32 Å². The number of rotatable bonds is 5. The van der Waals surface area contributed by atoms with E-state index in [0.29, 0.717) is 17.4 Å². The fourth-order valence-corrected chi connectivity index (χ4v) is 3.83. The molecule has 1 aliphatic heterocycles. The number of hydrogen-bond donors (Lipinski definition) is 2. The lowest BCUT2D eigenvalue weighted by atomic mass is 9.82. The van der Waals surface area contributed by atoms with E-state index in [1.165, 1.54) is 14.1 Å². The number of nitrogens with one attached hydrogen (secondary N) is 1. The normalized spacial score (nSPS) is 17.9. The summed E-state index contributed by atoms with van der Waals surface area (Å²) in [7, 11) is 2.48. The minimum Gasteiger partial charge on any atom is -0.456 e. The molecule has 0 aromatic carbocycles.